The molecular weight excluding hydrogens is 238 g/mol. The second kappa shape index (κ2) is 4.93. The van der Waals surface area contributed by atoms with Gasteiger partial charge in [0, 0.05) is 32.0 Å². The van der Waals surface area contributed by atoms with E-state index in [1.165, 1.54) is 6.42 Å². The molecule has 102 valence electrons. The SMILES string of the molecule is Cc1ccncc1C(=O)N1CCC2(CCNC2)CC1. The van der Waals surface area contributed by atoms with Gasteiger partial charge in [0.1, 0.15) is 0 Å². The number of amides is 1. The van der Waals surface area contributed by atoms with Gasteiger partial charge < -0.3 is 10.2 Å². The molecule has 0 atom stereocenters. The molecule has 1 N–H and O–H groups in total. The Morgan fingerprint density at radius 1 is 1.37 bits per heavy atom. The number of aromatic nitrogens is 1. The van der Waals surface area contributed by atoms with E-state index in [1.54, 1.807) is 12.4 Å². The molecule has 1 amide bonds. The number of piperidine rings is 1. The third-order valence-corrected chi connectivity index (χ3v) is 4.71. The summed E-state index contributed by atoms with van der Waals surface area (Å²) in [5.41, 5.74) is 2.23. The molecule has 0 aliphatic carbocycles. The second-order valence-corrected chi connectivity index (χ2v) is 5.91. The third-order valence-electron chi connectivity index (χ3n) is 4.71. The largest absolute Gasteiger partial charge is 0.339 e. The number of hydrogen-bond donors (Lipinski definition) is 1. The van der Waals surface area contributed by atoms with Gasteiger partial charge in [-0.05, 0) is 49.8 Å². The molecule has 19 heavy (non-hydrogen) atoms. The number of aryl methyl sites for hydroxylation is 1. The van der Waals surface area contributed by atoms with Crippen molar-refractivity contribution < 1.29 is 4.79 Å². The summed E-state index contributed by atoms with van der Waals surface area (Å²) in [6.45, 7) is 6.00. The summed E-state index contributed by atoms with van der Waals surface area (Å²) in [4.78, 5) is 18.6. The van der Waals surface area contributed by atoms with Crippen LogP contribution in [-0.4, -0.2) is 42.0 Å². The first-order valence-electron chi connectivity index (χ1n) is 7.11. The number of carbonyl (C=O) groups excluding carboxylic acids is 1. The minimum atomic E-state index is 0.145. The van der Waals surface area contributed by atoms with Crippen LogP contribution in [0.25, 0.3) is 0 Å². The maximum absolute atomic E-state index is 12.5. The number of rotatable bonds is 1. The summed E-state index contributed by atoms with van der Waals surface area (Å²) in [6.07, 6.45) is 6.96. The average Bonchev–Trinajstić information content (AvgIpc) is 2.88. The van der Waals surface area contributed by atoms with Crippen LogP contribution < -0.4 is 5.32 Å². The number of likely N-dealkylation sites (tertiary alicyclic amines) is 1. The van der Waals surface area contributed by atoms with Crippen LogP contribution in [0, 0.1) is 12.3 Å². The van der Waals surface area contributed by atoms with Crippen molar-refractivity contribution in [1.29, 1.82) is 0 Å². The highest BCUT2D eigenvalue weighted by Crippen LogP contribution is 2.37. The molecule has 4 heteroatoms. The monoisotopic (exact) mass is 259 g/mol. The highest BCUT2D eigenvalue weighted by atomic mass is 16.2. The van der Waals surface area contributed by atoms with Gasteiger partial charge in [-0.25, -0.2) is 0 Å². The lowest BCUT2D eigenvalue weighted by Crippen LogP contribution is -2.44. The molecule has 4 nitrogen and oxygen atoms in total. The van der Waals surface area contributed by atoms with E-state index < -0.39 is 0 Å². The Hall–Kier alpha value is -1.42. The minimum Gasteiger partial charge on any atom is -0.339 e. The Bertz CT molecular complexity index is 470. The molecule has 2 aliphatic heterocycles. The smallest absolute Gasteiger partial charge is 0.255 e. The molecule has 3 heterocycles. The molecule has 2 saturated heterocycles. The highest BCUT2D eigenvalue weighted by Gasteiger charge is 2.38. The van der Waals surface area contributed by atoms with Gasteiger partial charge in [0.25, 0.3) is 5.91 Å². The second-order valence-electron chi connectivity index (χ2n) is 5.91. The van der Waals surface area contributed by atoms with Crippen LogP contribution in [0.15, 0.2) is 18.5 Å². The van der Waals surface area contributed by atoms with Crippen LogP contribution in [0.4, 0.5) is 0 Å². The summed E-state index contributed by atoms with van der Waals surface area (Å²) in [6, 6.07) is 1.90. The Morgan fingerprint density at radius 2 is 2.16 bits per heavy atom. The first kappa shape index (κ1) is 12.6. The minimum absolute atomic E-state index is 0.145. The van der Waals surface area contributed by atoms with Gasteiger partial charge >= 0.3 is 0 Å². The lowest BCUT2D eigenvalue weighted by atomic mass is 9.78. The fraction of sp³-hybridized carbons (Fsp3) is 0.600. The number of carbonyl (C=O) groups is 1. The van der Waals surface area contributed by atoms with Crippen molar-refractivity contribution in [3.8, 4) is 0 Å². The van der Waals surface area contributed by atoms with Gasteiger partial charge in [-0.2, -0.15) is 0 Å². The van der Waals surface area contributed by atoms with Crippen LogP contribution >= 0.6 is 0 Å². The maximum atomic E-state index is 12.5. The van der Waals surface area contributed by atoms with E-state index in [4.69, 9.17) is 0 Å². The van der Waals surface area contributed by atoms with E-state index in [0.717, 1.165) is 50.1 Å². The molecule has 0 bridgehead atoms. The van der Waals surface area contributed by atoms with E-state index in [9.17, 15) is 4.79 Å². The van der Waals surface area contributed by atoms with E-state index in [1.807, 2.05) is 17.9 Å². The van der Waals surface area contributed by atoms with Crippen molar-refractivity contribution in [3.63, 3.8) is 0 Å². The van der Waals surface area contributed by atoms with E-state index in [2.05, 4.69) is 10.3 Å². The summed E-state index contributed by atoms with van der Waals surface area (Å²) in [5, 5.41) is 3.45. The molecule has 0 unspecified atom stereocenters. The molecule has 2 fully saturated rings. The molecule has 0 saturated carbocycles. The fourth-order valence-electron chi connectivity index (χ4n) is 3.26. The Morgan fingerprint density at radius 3 is 2.79 bits per heavy atom. The average molecular weight is 259 g/mol. The van der Waals surface area contributed by atoms with Crippen molar-refractivity contribution in [3.05, 3.63) is 29.6 Å². The summed E-state index contributed by atoms with van der Waals surface area (Å²) in [5.74, 6) is 0.145. The van der Waals surface area contributed by atoms with Gasteiger partial charge in [-0.15, -0.1) is 0 Å². The van der Waals surface area contributed by atoms with Gasteiger partial charge in [0.2, 0.25) is 0 Å². The Kier molecular flexibility index (Phi) is 3.27. The molecule has 1 aromatic rings. The number of nitrogens with one attached hydrogen (secondary N) is 1. The number of nitrogens with zero attached hydrogens (tertiary/aromatic N) is 2. The van der Waals surface area contributed by atoms with Gasteiger partial charge in [0.15, 0.2) is 0 Å². The zero-order chi connectivity index (χ0) is 13.3. The summed E-state index contributed by atoms with van der Waals surface area (Å²) < 4.78 is 0. The van der Waals surface area contributed by atoms with Crippen LogP contribution in [0.1, 0.15) is 35.2 Å². The van der Waals surface area contributed by atoms with Gasteiger partial charge in [-0.1, -0.05) is 0 Å². The summed E-state index contributed by atoms with van der Waals surface area (Å²) in [7, 11) is 0. The molecule has 3 rings (SSSR count). The summed E-state index contributed by atoms with van der Waals surface area (Å²) >= 11 is 0. The Labute approximate surface area is 114 Å². The van der Waals surface area contributed by atoms with E-state index >= 15 is 0 Å². The third kappa shape index (κ3) is 2.37. The van der Waals surface area contributed by atoms with Crippen LogP contribution in [0.3, 0.4) is 0 Å². The molecular formula is C15H21N3O. The number of hydrogen-bond acceptors (Lipinski definition) is 3. The quantitative estimate of drug-likeness (QED) is 0.833. The van der Waals surface area contributed by atoms with Crippen molar-refractivity contribution in [1.82, 2.24) is 15.2 Å². The van der Waals surface area contributed by atoms with Crippen molar-refractivity contribution in [2.75, 3.05) is 26.2 Å². The van der Waals surface area contributed by atoms with Gasteiger partial charge in [0.05, 0.1) is 5.56 Å². The van der Waals surface area contributed by atoms with Crippen LogP contribution in [0.2, 0.25) is 0 Å². The molecule has 1 spiro atoms. The van der Waals surface area contributed by atoms with E-state index in [0.29, 0.717) is 5.41 Å². The highest BCUT2D eigenvalue weighted by molar-refractivity contribution is 5.95. The zero-order valence-corrected chi connectivity index (χ0v) is 11.5. The topological polar surface area (TPSA) is 45.2 Å². The molecule has 1 aromatic heterocycles. The lowest BCUT2D eigenvalue weighted by Gasteiger charge is -2.39. The predicted molar refractivity (Wildman–Crippen MR) is 74.0 cm³/mol. The van der Waals surface area contributed by atoms with Crippen LogP contribution in [-0.2, 0) is 0 Å². The lowest BCUT2D eigenvalue weighted by molar-refractivity contribution is 0.0606. The fourth-order valence-corrected chi connectivity index (χ4v) is 3.26. The molecule has 2 aliphatic rings. The van der Waals surface area contributed by atoms with E-state index in [-0.39, 0.29) is 5.91 Å². The Balaban J connectivity index is 1.68. The first-order chi connectivity index (χ1) is 9.20. The van der Waals surface area contributed by atoms with Crippen molar-refractivity contribution >= 4 is 5.91 Å². The predicted octanol–water partition coefficient (Wildman–Crippen LogP) is 1.61. The molecule has 0 radical (unpaired) electrons. The van der Waals surface area contributed by atoms with Crippen LogP contribution in [0.5, 0.6) is 0 Å². The van der Waals surface area contributed by atoms with Crippen molar-refractivity contribution in [2.24, 2.45) is 5.41 Å². The maximum Gasteiger partial charge on any atom is 0.255 e. The first-order valence-corrected chi connectivity index (χ1v) is 7.11. The molecule has 0 aromatic carbocycles. The number of pyridine rings is 1. The standard InChI is InChI=1S/C15H21N3O/c1-12-2-6-16-10-13(12)14(19)18-8-4-15(5-9-18)3-7-17-11-15/h2,6,10,17H,3-5,7-9,11H2,1H3. The van der Waals surface area contributed by atoms with Gasteiger partial charge in [-0.3, -0.25) is 9.78 Å². The normalized spacial score (nSPS) is 21.8. The van der Waals surface area contributed by atoms with Crippen molar-refractivity contribution in [2.45, 2.75) is 26.2 Å². The zero-order valence-electron chi connectivity index (χ0n) is 11.5.